The molecular weight excluding hydrogens is 286 g/mol. The van der Waals surface area contributed by atoms with Crippen molar-refractivity contribution in [1.29, 1.82) is 0 Å². The largest absolute Gasteiger partial charge is 0.493 e. The second kappa shape index (κ2) is 5.55. The zero-order chi connectivity index (χ0) is 15.7. The van der Waals surface area contributed by atoms with Gasteiger partial charge in [-0.3, -0.25) is 4.79 Å². The average Bonchev–Trinajstić information content (AvgIpc) is 3.14. The summed E-state index contributed by atoms with van der Waals surface area (Å²) in [4.78, 5) is 22.9. The smallest absolute Gasteiger partial charge is 0.371 e. The monoisotopic (exact) mass is 301 g/mol. The number of carboxylic acids is 1. The van der Waals surface area contributed by atoms with E-state index in [4.69, 9.17) is 14.3 Å². The molecule has 0 radical (unpaired) electrons. The third kappa shape index (κ3) is 2.55. The lowest BCUT2D eigenvalue weighted by molar-refractivity contribution is 0.0659. The molecule has 0 spiro atoms. The molecule has 1 aromatic heterocycles. The molecule has 1 aliphatic rings. The van der Waals surface area contributed by atoms with Gasteiger partial charge in [0.2, 0.25) is 5.76 Å². The van der Waals surface area contributed by atoms with Crippen molar-refractivity contribution in [2.75, 3.05) is 6.61 Å². The molecule has 0 saturated heterocycles. The first kappa shape index (κ1) is 14.2. The first-order valence-electron chi connectivity index (χ1n) is 6.92. The maximum absolute atomic E-state index is 12.1. The van der Waals surface area contributed by atoms with E-state index >= 15 is 0 Å². The third-order valence-electron chi connectivity index (χ3n) is 3.74. The van der Waals surface area contributed by atoms with Gasteiger partial charge in [-0.15, -0.1) is 0 Å². The molecule has 22 heavy (non-hydrogen) atoms. The van der Waals surface area contributed by atoms with E-state index in [1.165, 1.54) is 12.1 Å². The van der Waals surface area contributed by atoms with Crippen LogP contribution in [-0.2, 0) is 0 Å². The van der Waals surface area contributed by atoms with Crippen LogP contribution in [0.3, 0.4) is 0 Å². The highest BCUT2D eigenvalue weighted by atomic mass is 16.5. The predicted octanol–water partition coefficient (Wildman–Crippen LogP) is 2.27. The van der Waals surface area contributed by atoms with Gasteiger partial charge in [0.05, 0.1) is 6.61 Å². The molecule has 6 heteroatoms. The van der Waals surface area contributed by atoms with Crippen molar-refractivity contribution in [3.05, 3.63) is 53.5 Å². The summed E-state index contributed by atoms with van der Waals surface area (Å²) in [7, 11) is 0. The van der Waals surface area contributed by atoms with Crippen LogP contribution in [0.1, 0.15) is 39.5 Å². The van der Waals surface area contributed by atoms with E-state index in [0.717, 1.165) is 11.3 Å². The number of rotatable bonds is 4. The summed E-state index contributed by atoms with van der Waals surface area (Å²) in [6, 6.07) is 10.2. The van der Waals surface area contributed by atoms with Gasteiger partial charge >= 0.3 is 5.97 Å². The van der Waals surface area contributed by atoms with Crippen molar-refractivity contribution in [3.63, 3.8) is 0 Å². The average molecular weight is 301 g/mol. The minimum absolute atomic E-state index is 0.0172. The number of ether oxygens (including phenoxy) is 1. The van der Waals surface area contributed by atoms with Gasteiger partial charge in [-0.1, -0.05) is 18.2 Å². The highest BCUT2D eigenvalue weighted by molar-refractivity contribution is 5.93. The lowest BCUT2D eigenvalue weighted by Crippen LogP contribution is -2.37. The molecule has 2 heterocycles. The Bertz CT molecular complexity index is 721. The standard InChI is InChI=1S/C16H15NO5/c1-9(11-8-21-12-5-3-2-4-10(11)12)17-15(18)13-6-7-14(22-13)16(19)20/h2-7,9,11H,8H2,1H3,(H,17,18)(H,19,20)/t9-,11+/m1/s1. The van der Waals surface area contributed by atoms with E-state index in [2.05, 4.69) is 5.32 Å². The van der Waals surface area contributed by atoms with E-state index in [1.807, 2.05) is 31.2 Å². The molecule has 0 fully saturated rings. The molecule has 0 saturated carbocycles. The Labute approximate surface area is 126 Å². The van der Waals surface area contributed by atoms with Gasteiger partial charge in [-0.05, 0) is 25.1 Å². The van der Waals surface area contributed by atoms with Crippen molar-refractivity contribution in [2.24, 2.45) is 0 Å². The van der Waals surface area contributed by atoms with Crippen molar-refractivity contribution in [3.8, 4) is 5.75 Å². The van der Waals surface area contributed by atoms with Crippen LogP contribution in [0.25, 0.3) is 0 Å². The Morgan fingerprint density at radius 1 is 1.23 bits per heavy atom. The molecule has 2 aromatic rings. The number of benzene rings is 1. The third-order valence-corrected chi connectivity index (χ3v) is 3.74. The maximum atomic E-state index is 12.1. The maximum Gasteiger partial charge on any atom is 0.371 e. The number of carbonyl (C=O) groups is 2. The van der Waals surface area contributed by atoms with Crippen LogP contribution in [0.5, 0.6) is 5.75 Å². The van der Waals surface area contributed by atoms with Crippen LogP contribution in [0.2, 0.25) is 0 Å². The van der Waals surface area contributed by atoms with Gasteiger partial charge in [0.1, 0.15) is 5.75 Å². The van der Waals surface area contributed by atoms with Crippen LogP contribution >= 0.6 is 0 Å². The van der Waals surface area contributed by atoms with E-state index in [1.54, 1.807) is 0 Å². The summed E-state index contributed by atoms with van der Waals surface area (Å²) in [5, 5.41) is 11.6. The lowest BCUT2D eigenvalue weighted by Gasteiger charge is -2.19. The highest BCUT2D eigenvalue weighted by Crippen LogP contribution is 2.35. The number of hydrogen-bond acceptors (Lipinski definition) is 4. The number of fused-ring (bicyclic) bond motifs is 1. The number of para-hydroxylation sites is 1. The Morgan fingerprint density at radius 3 is 2.68 bits per heavy atom. The summed E-state index contributed by atoms with van der Waals surface area (Å²) >= 11 is 0. The molecule has 1 amide bonds. The minimum Gasteiger partial charge on any atom is -0.493 e. The van der Waals surface area contributed by atoms with Crippen LogP contribution in [0, 0.1) is 0 Å². The summed E-state index contributed by atoms with van der Waals surface area (Å²) in [6.07, 6.45) is 0. The van der Waals surface area contributed by atoms with E-state index < -0.39 is 11.9 Å². The normalized spacial score (nSPS) is 17.4. The molecule has 2 atom stereocenters. The zero-order valence-electron chi connectivity index (χ0n) is 11.9. The number of nitrogens with one attached hydrogen (secondary N) is 1. The van der Waals surface area contributed by atoms with Gasteiger partial charge in [-0.2, -0.15) is 0 Å². The summed E-state index contributed by atoms with van der Waals surface area (Å²) in [5.41, 5.74) is 1.06. The van der Waals surface area contributed by atoms with E-state index in [0.29, 0.717) is 6.61 Å². The van der Waals surface area contributed by atoms with E-state index in [9.17, 15) is 9.59 Å². The van der Waals surface area contributed by atoms with Gasteiger partial charge in [0, 0.05) is 17.5 Å². The molecule has 6 nitrogen and oxygen atoms in total. The van der Waals surface area contributed by atoms with Crippen molar-refractivity contribution >= 4 is 11.9 Å². The summed E-state index contributed by atoms with van der Waals surface area (Å²) < 4.78 is 10.6. The number of hydrogen-bond donors (Lipinski definition) is 2. The van der Waals surface area contributed by atoms with Gasteiger partial charge < -0.3 is 19.6 Å². The Balaban J connectivity index is 1.70. The fraction of sp³-hybridized carbons (Fsp3) is 0.250. The fourth-order valence-electron chi connectivity index (χ4n) is 2.55. The van der Waals surface area contributed by atoms with Crippen LogP contribution in [-0.4, -0.2) is 29.6 Å². The number of aromatic carboxylic acids is 1. The number of amides is 1. The molecule has 114 valence electrons. The topological polar surface area (TPSA) is 88.8 Å². The second-order valence-corrected chi connectivity index (χ2v) is 5.19. The second-order valence-electron chi connectivity index (χ2n) is 5.19. The molecule has 1 aromatic carbocycles. The van der Waals surface area contributed by atoms with Crippen LogP contribution < -0.4 is 10.1 Å². The van der Waals surface area contributed by atoms with Crippen LogP contribution in [0.4, 0.5) is 0 Å². The Morgan fingerprint density at radius 2 is 1.95 bits per heavy atom. The fourth-order valence-corrected chi connectivity index (χ4v) is 2.55. The van der Waals surface area contributed by atoms with Crippen molar-refractivity contribution < 1.29 is 23.8 Å². The van der Waals surface area contributed by atoms with Crippen molar-refractivity contribution in [1.82, 2.24) is 5.32 Å². The SMILES string of the molecule is C[C@@H](NC(=O)c1ccc(C(=O)O)o1)[C@@H]1COc2ccccc21. The molecular formula is C16H15NO5. The molecule has 2 N–H and O–H groups in total. The molecule has 1 aliphatic heterocycles. The Hall–Kier alpha value is -2.76. The highest BCUT2D eigenvalue weighted by Gasteiger charge is 2.30. The van der Waals surface area contributed by atoms with Gasteiger partial charge in [-0.25, -0.2) is 4.79 Å². The quantitative estimate of drug-likeness (QED) is 0.904. The van der Waals surface area contributed by atoms with E-state index in [-0.39, 0.29) is 23.5 Å². The van der Waals surface area contributed by atoms with Gasteiger partial charge in [0.15, 0.2) is 5.76 Å². The van der Waals surface area contributed by atoms with Gasteiger partial charge in [0.25, 0.3) is 5.91 Å². The number of carbonyl (C=O) groups excluding carboxylic acids is 1. The minimum atomic E-state index is -1.20. The molecule has 0 unspecified atom stereocenters. The summed E-state index contributed by atoms with van der Waals surface area (Å²) in [5.74, 6) is -1.03. The Kier molecular flexibility index (Phi) is 3.58. The summed E-state index contributed by atoms with van der Waals surface area (Å²) in [6.45, 7) is 2.38. The first-order chi connectivity index (χ1) is 10.6. The predicted molar refractivity (Wildman–Crippen MR) is 77.3 cm³/mol. The first-order valence-corrected chi connectivity index (χ1v) is 6.92. The molecule has 3 rings (SSSR count). The van der Waals surface area contributed by atoms with Crippen LogP contribution in [0.15, 0.2) is 40.8 Å². The lowest BCUT2D eigenvalue weighted by atomic mass is 9.94. The number of furan rings is 1. The zero-order valence-corrected chi connectivity index (χ0v) is 11.9. The van der Waals surface area contributed by atoms with Crippen molar-refractivity contribution in [2.45, 2.75) is 18.9 Å². The number of carboxylic acid groups (broad SMARTS) is 1. The molecule has 0 bridgehead atoms. The molecule has 0 aliphatic carbocycles.